The molecule has 0 radical (unpaired) electrons. The Bertz CT molecular complexity index is 396. The van der Waals surface area contributed by atoms with Crippen molar-refractivity contribution in [1.82, 2.24) is 10.6 Å². The summed E-state index contributed by atoms with van der Waals surface area (Å²) in [5.74, 6) is 0.525. The predicted octanol–water partition coefficient (Wildman–Crippen LogP) is 2.64. The Morgan fingerprint density at radius 2 is 2.00 bits per heavy atom. The van der Waals surface area contributed by atoms with Crippen molar-refractivity contribution in [1.29, 1.82) is 0 Å². The van der Waals surface area contributed by atoms with Crippen LogP contribution in [0.15, 0.2) is 30.3 Å². The van der Waals surface area contributed by atoms with E-state index in [1.807, 2.05) is 18.2 Å². The lowest BCUT2D eigenvalue weighted by Crippen LogP contribution is -2.48. The van der Waals surface area contributed by atoms with Crippen molar-refractivity contribution in [3.05, 3.63) is 35.9 Å². The zero-order valence-corrected chi connectivity index (χ0v) is 11.9. The van der Waals surface area contributed by atoms with E-state index < -0.39 is 0 Å². The molecule has 2 unspecified atom stereocenters. The van der Waals surface area contributed by atoms with Crippen LogP contribution in [0.4, 0.5) is 0 Å². The first-order valence-electron chi connectivity index (χ1n) is 7.27. The van der Waals surface area contributed by atoms with Gasteiger partial charge in [-0.25, -0.2) is 0 Å². The Labute approximate surface area is 115 Å². The van der Waals surface area contributed by atoms with Crippen molar-refractivity contribution in [2.24, 2.45) is 5.92 Å². The molecule has 0 bridgehead atoms. The Hall–Kier alpha value is -1.35. The monoisotopic (exact) mass is 260 g/mol. The first-order chi connectivity index (χ1) is 9.18. The molecule has 19 heavy (non-hydrogen) atoms. The van der Waals surface area contributed by atoms with Gasteiger partial charge in [-0.05, 0) is 30.9 Å². The molecule has 1 fully saturated rings. The number of carbonyl (C=O) groups excluding carboxylic acids is 1. The Morgan fingerprint density at radius 1 is 1.26 bits per heavy atom. The Balaban J connectivity index is 2.02. The molecule has 0 saturated carbocycles. The van der Waals surface area contributed by atoms with Crippen molar-refractivity contribution in [2.45, 2.75) is 45.2 Å². The molecular weight excluding hydrogens is 236 g/mol. The van der Waals surface area contributed by atoms with Gasteiger partial charge in [-0.1, -0.05) is 50.6 Å². The highest BCUT2D eigenvalue weighted by Crippen LogP contribution is 2.21. The van der Waals surface area contributed by atoms with Crippen molar-refractivity contribution in [2.75, 3.05) is 6.54 Å². The first-order valence-corrected chi connectivity index (χ1v) is 7.27. The summed E-state index contributed by atoms with van der Waals surface area (Å²) in [4.78, 5) is 12.3. The standard InChI is InChI=1S/C16H24N2O/c1-12(2)15(13-8-4-3-5-9-13)18-16(19)14-10-6-7-11-17-14/h3-5,8-9,12,14-15,17H,6-7,10-11H2,1-2H3,(H,18,19). The zero-order valence-electron chi connectivity index (χ0n) is 11.9. The van der Waals surface area contributed by atoms with Gasteiger partial charge in [0.2, 0.25) is 5.91 Å². The average molecular weight is 260 g/mol. The maximum Gasteiger partial charge on any atom is 0.237 e. The molecule has 1 amide bonds. The minimum atomic E-state index is -0.0151. The van der Waals surface area contributed by atoms with E-state index in [9.17, 15) is 4.79 Å². The van der Waals surface area contributed by atoms with E-state index >= 15 is 0 Å². The van der Waals surface area contributed by atoms with Gasteiger partial charge in [0.25, 0.3) is 0 Å². The van der Waals surface area contributed by atoms with Crippen LogP contribution in [0, 0.1) is 5.92 Å². The molecule has 1 aliphatic rings. The summed E-state index contributed by atoms with van der Waals surface area (Å²) in [6.45, 7) is 5.24. The van der Waals surface area contributed by atoms with Gasteiger partial charge in [-0.15, -0.1) is 0 Å². The predicted molar refractivity (Wildman–Crippen MR) is 77.8 cm³/mol. The third-order valence-electron chi connectivity index (χ3n) is 3.75. The molecule has 0 aliphatic carbocycles. The molecule has 0 aromatic heterocycles. The number of nitrogens with one attached hydrogen (secondary N) is 2. The largest absolute Gasteiger partial charge is 0.348 e. The maximum absolute atomic E-state index is 12.3. The number of benzene rings is 1. The summed E-state index contributed by atoms with van der Waals surface area (Å²) < 4.78 is 0. The summed E-state index contributed by atoms with van der Waals surface area (Å²) in [5, 5.41) is 6.50. The van der Waals surface area contributed by atoms with Gasteiger partial charge in [-0.2, -0.15) is 0 Å². The summed E-state index contributed by atoms with van der Waals surface area (Å²) in [6.07, 6.45) is 3.27. The quantitative estimate of drug-likeness (QED) is 0.874. The minimum Gasteiger partial charge on any atom is -0.348 e. The van der Waals surface area contributed by atoms with E-state index in [0.717, 1.165) is 19.4 Å². The van der Waals surface area contributed by atoms with Crippen LogP contribution in [0.2, 0.25) is 0 Å². The fourth-order valence-corrected chi connectivity index (χ4v) is 2.62. The molecule has 1 aliphatic heterocycles. The summed E-state index contributed by atoms with van der Waals surface area (Å²) >= 11 is 0. The van der Waals surface area contributed by atoms with E-state index in [4.69, 9.17) is 0 Å². The van der Waals surface area contributed by atoms with Crippen LogP contribution in [0.5, 0.6) is 0 Å². The fraction of sp³-hybridized carbons (Fsp3) is 0.562. The van der Waals surface area contributed by atoms with Crippen LogP contribution in [0.3, 0.4) is 0 Å². The third-order valence-corrected chi connectivity index (χ3v) is 3.75. The van der Waals surface area contributed by atoms with Gasteiger partial charge in [0.15, 0.2) is 0 Å². The van der Waals surface area contributed by atoms with Crippen LogP contribution in [-0.2, 0) is 4.79 Å². The molecule has 2 N–H and O–H groups in total. The van der Waals surface area contributed by atoms with Gasteiger partial charge in [0.1, 0.15) is 0 Å². The van der Waals surface area contributed by atoms with Crippen molar-refractivity contribution in [3.63, 3.8) is 0 Å². The molecule has 3 heteroatoms. The lowest BCUT2D eigenvalue weighted by atomic mass is 9.95. The first kappa shape index (κ1) is 14.1. The van der Waals surface area contributed by atoms with Crippen molar-refractivity contribution >= 4 is 5.91 Å². The molecular formula is C16H24N2O. The Kier molecular flexibility index (Phi) is 4.97. The lowest BCUT2D eigenvalue weighted by Gasteiger charge is -2.28. The number of rotatable bonds is 4. The molecule has 0 spiro atoms. The second kappa shape index (κ2) is 6.71. The molecule has 2 atom stereocenters. The number of piperidine rings is 1. The number of hydrogen-bond acceptors (Lipinski definition) is 2. The van der Waals surface area contributed by atoms with E-state index in [1.54, 1.807) is 0 Å². The van der Waals surface area contributed by atoms with Crippen LogP contribution >= 0.6 is 0 Å². The maximum atomic E-state index is 12.3. The SMILES string of the molecule is CC(C)C(NC(=O)C1CCCCN1)c1ccccc1. The molecule has 1 heterocycles. The zero-order chi connectivity index (χ0) is 13.7. The Morgan fingerprint density at radius 3 is 2.58 bits per heavy atom. The van der Waals surface area contributed by atoms with Gasteiger partial charge < -0.3 is 10.6 Å². The lowest BCUT2D eigenvalue weighted by molar-refractivity contribution is -0.124. The van der Waals surface area contributed by atoms with Gasteiger partial charge in [0, 0.05) is 0 Å². The van der Waals surface area contributed by atoms with Crippen molar-refractivity contribution in [3.8, 4) is 0 Å². The summed E-state index contributed by atoms with van der Waals surface area (Å²) in [7, 11) is 0. The highest BCUT2D eigenvalue weighted by molar-refractivity contribution is 5.82. The molecule has 104 valence electrons. The van der Waals surface area contributed by atoms with Crippen LogP contribution in [0.1, 0.15) is 44.7 Å². The topological polar surface area (TPSA) is 41.1 Å². The second-order valence-electron chi connectivity index (χ2n) is 5.64. The molecule has 3 nitrogen and oxygen atoms in total. The van der Waals surface area contributed by atoms with E-state index in [2.05, 4.69) is 36.6 Å². The number of carbonyl (C=O) groups is 1. The van der Waals surface area contributed by atoms with Crippen LogP contribution in [0.25, 0.3) is 0 Å². The minimum absolute atomic E-state index is 0.0151. The van der Waals surface area contributed by atoms with E-state index in [-0.39, 0.29) is 18.0 Å². The van der Waals surface area contributed by atoms with Crippen LogP contribution in [-0.4, -0.2) is 18.5 Å². The van der Waals surface area contributed by atoms with E-state index in [1.165, 1.54) is 12.0 Å². The smallest absolute Gasteiger partial charge is 0.237 e. The van der Waals surface area contributed by atoms with Crippen LogP contribution < -0.4 is 10.6 Å². The van der Waals surface area contributed by atoms with Gasteiger partial charge >= 0.3 is 0 Å². The summed E-state index contributed by atoms with van der Waals surface area (Å²) in [5.41, 5.74) is 1.18. The van der Waals surface area contributed by atoms with Gasteiger partial charge in [0.05, 0.1) is 12.1 Å². The molecule has 1 saturated heterocycles. The highest BCUT2D eigenvalue weighted by atomic mass is 16.2. The fourth-order valence-electron chi connectivity index (χ4n) is 2.62. The van der Waals surface area contributed by atoms with Gasteiger partial charge in [-0.3, -0.25) is 4.79 Å². The van der Waals surface area contributed by atoms with Crippen molar-refractivity contribution < 1.29 is 4.79 Å². The number of hydrogen-bond donors (Lipinski definition) is 2. The normalized spacial score (nSPS) is 21.1. The molecule has 1 aromatic carbocycles. The average Bonchev–Trinajstić information content (AvgIpc) is 2.46. The second-order valence-corrected chi connectivity index (χ2v) is 5.64. The van der Waals surface area contributed by atoms with E-state index in [0.29, 0.717) is 5.92 Å². The summed E-state index contributed by atoms with van der Waals surface area (Å²) in [6, 6.07) is 10.3. The molecule has 2 rings (SSSR count). The third kappa shape index (κ3) is 3.80. The number of amides is 1. The molecule has 1 aromatic rings. The highest BCUT2D eigenvalue weighted by Gasteiger charge is 2.24.